The molecule has 1 aliphatic rings. The summed E-state index contributed by atoms with van der Waals surface area (Å²) in [6, 6.07) is 20.3. The molecule has 0 radical (unpaired) electrons. The van der Waals surface area contributed by atoms with Gasteiger partial charge in [0.1, 0.15) is 19.0 Å². The normalized spacial score (nSPS) is 15.1. The molecule has 0 saturated carbocycles. The van der Waals surface area contributed by atoms with Gasteiger partial charge in [-0.15, -0.1) is 0 Å². The molecular formula is C32H33N5O7. The number of hydrazone groups is 1. The first-order valence-electron chi connectivity index (χ1n) is 13.8. The summed E-state index contributed by atoms with van der Waals surface area (Å²) in [6.45, 7) is 3.96. The van der Waals surface area contributed by atoms with Crippen LogP contribution in [0.4, 0.5) is 4.79 Å². The second-order valence-corrected chi connectivity index (χ2v) is 9.58. The molecule has 4 N–H and O–H groups in total. The summed E-state index contributed by atoms with van der Waals surface area (Å²) in [5.41, 5.74) is 6.13. The number of allylic oxidation sites excluding steroid dienone is 1. The molecular weight excluding hydrogens is 566 g/mol. The number of esters is 1. The van der Waals surface area contributed by atoms with Crippen molar-refractivity contribution in [2.75, 3.05) is 20.3 Å². The van der Waals surface area contributed by atoms with E-state index < -0.39 is 24.3 Å². The van der Waals surface area contributed by atoms with Gasteiger partial charge in [-0.3, -0.25) is 5.43 Å². The third-order valence-corrected chi connectivity index (χ3v) is 6.46. The number of urea groups is 1. The molecule has 2 amide bonds. The molecule has 0 unspecified atom stereocenters. The monoisotopic (exact) mass is 599 g/mol. The Morgan fingerprint density at radius 2 is 1.91 bits per heavy atom. The molecule has 228 valence electrons. The van der Waals surface area contributed by atoms with Crippen LogP contribution in [-0.4, -0.2) is 49.9 Å². The number of nitriles is 1. The Balaban J connectivity index is 1.34. The largest absolute Gasteiger partial charge is 0.490 e. The number of aliphatic hydroxyl groups excluding tert-OH is 1. The van der Waals surface area contributed by atoms with Crippen molar-refractivity contribution in [2.45, 2.75) is 32.7 Å². The average molecular weight is 600 g/mol. The minimum atomic E-state index is -1.14. The van der Waals surface area contributed by atoms with Gasteiger partial charge in [0.15, 0.2) is 17.7 Å². The molecule has 4 rings (SSSR count). The van der Waals surface area contributed by atoms with Crippen molar-refractivity contribution in [3.05, 3.63) is 100 Å². The van der Waals surface area contributed by atoms with Crippen LogP contribution in [-0.2, 0) is 16.1 Å². The Labute approximate surface area is 254 Å². The van der Waals surface area contributed by atoms with Gasteiger partial charge in [0.25, 0.3) is 0 Å². The third kappa shape index (κ3) is 8.27. The van der Waals surface area contributed by atoms with Gasteiger partial charge >= 0.3 is 12.0 Å². The SMILES string of the molecule is CCOc1cc([C@@H]2NC(=O)NC(C)=C2C(=O)OC)ccc1OC[C@H](O)N/N=C/c1cccc(OCc2ccc(C#N)cc2)c1. The van der Waals surface area contributed by atoms with Crippen molar-refractivity contribution in [3.8, 4) is 23.3 Å². The fourth-order valence-electron chi connectivity index (χ4n) is 4.35. The van der Waals surface area contributed by atoms with Crippen LogP contribution >= 0.6 is 0 Å². The number of nitrogens with zero attached hydrogens (tertiary/aromatic N) is 2. The number of hydrogen-bond acceptors (Lipinski definition) is 10. The number of nitrogens with one attached hydrogen (secondary N) is 3. The van der Waals surface area contributed by atoms with E-state index in [9.17, 15) is 14.7 Å². The van der Waals surface area contributed by atoms with Crippen LogP contribution in [0, 0.1) is 11.3 Å². The number of amides is 2. The lowest BCUT2D eigenvalue weighted by Gasteiger charge is -2.28. The maximum Gasteiger partial charge on any atom is 0.337 e. The zero-order valence-electron chi connectivity index (χ0n) is 24.5. The van der Waals surface area contributed by atoms with E-state index in [2.05, 4.69) is 27.2 Å². The molecule has 0 bridgehead atoms. The summed E-state index contributed by atoms with van der Waals surface area (Å²) in [7, 11) is 1.27. The molecule has 0 fully saturated rings. The molecule has 2 atom stereocenters. The number of carbonyl (C=O) groups is 2. The average Bonchev–Trinajstić information content (AvgIpc) is 3.03. The third-order valence-electron chi connectivity index (χ3n) is 6.46. The lowest BCUT2D eigenvalue weighted by Crippen LogP contribution is -2.45. The first-order chi connectivity index (χ1) is 21.3. The zero-order valence-corrected chi connectivity index (χ0v) is 24.5. The molecule has 1 heterocycles. The molecule has 3 aromatic carbocycles. The Morgan fingerprint density at radius 1 is 1.11 bits per heavy atom. The van der Waals surface area contributed by atoms with Crippen molar-refractivity contribution >= 4 is 18.2 Å². The van der Waals surface area contributed by atoms with Gasteiger partial charge in [0, 0.05) is 5.70 Å². The predicted octanol–water partition coefficient (Wildman–Crippen LogP) is 3.66. The summed E-state index contributed by atoms with van der Waals surface area (Å²) in [5.74, 6) is 0.791. The van der Waals surface area contributed by atoms with Crippen LogP contribution in [0.1, 0.15) is 42.1 Å². The minimum Gasteiger partial charge on any atom is -0.490 e. The maximum absolute atomic E-state index is 12.4. The summed E-state index contributed by atoms with van der Waals surface area (Å²) in [6.07, 6.45) is 0.399. The second kappa shape index (κ2) is 15.1. The van der Waals surface area contributed by atoms with E-state index in [1.165, 1.54) is 7.11 Å². The minimum absolute atomic E-state index is 0.152. The topological polar surface area (TPSA) is 164 Å². The van der Waals surface area contributed by atoms with Gasteiger partial charge in [-0.1, -0.05) is 30.3 Å². The highest BCUT2D eigenvalue weighted by Crippen LogP contribution is 2.35. The molecule has 0 aromatic heterocycles. The van der Waals surface area contributed by atoms with Crippen LogP contribution in [0.5, 0.6) is 17.2 Å². The quantitative estimate of drug-likeness (QED) is 0.0994. The van der Waals surface area contributed by atoms with Crippen molar-refractivity contribution in [1.82, 2.24) is 16.1 Å². The van der Waals surface area contributed by atoms with Gasteiger partial charge in [-0.2, -0.15) is 10.4 Å². The summed E-state index contributed by atoms with van der Waals surface area (Å²) >= 11 is 0. The van der Waals surface area contributed by atoms with Gasteiger partial charge < -0.3 is 34.7 Å². The molecule has 3 aromatic rings. The molecule has 12 heteroatoms. The van der Waals surface area contributed by atoms with Crippen LogP contribution in [0.15, 0.2) is 83.1 Å². The van der Waals surface area contributed by atoms with Crippen LogP contribution in [0.25, 0.3) is 0 Å². The molecule has 44 heavy (non-hydrogen) atoms. The zero-order chi connectivity index (χ0) is 31.5. The van der Waals surface area contributed by atoms with E-state index in [0.717, 1.165) is 11.1 Å². The summed E-state index contributed by atoms with van der Waals surface area (Å²) in [5, 5.41) is 28.7. The lowest BCUT2D eigenvalue weighted by atomic mass is 9.95. The molecule has 12 nitrogen and oxygen atoms in total. The standard InChI is InChI=1S/C32H33N5O7/c1-4-42-27-15-24(30-29(31(39)41-3)20(2)35-32(40)36-30)12-13-26(27)44-19-28(38)37-34-17-23-6-5-7-25(14-23)43-18-22-10-8-21(16-33)9-11-22/h5-15,17,28,30,37-38H,4,18-19H2,1-3H3,(H2,35,36,40)/b34-17+/t28-,30-/m0/s1. The Bertz CT molecular complexity index is 1580. The number of methoxy groups -OCH3 is 1. The number of carbonyl (C=O) groups excluding carboxylic acids is 2. The number of hydrogen-bond donors (Lipinski definition) is 4. The Hall–Kier alpha value is -5.54. The molecule has 0 saturated heterocycles. The first kappa shape index (κ1) is 31.4. The molecule has 0 spiro atoms. The fraction of sp³-hybridized carbons (Fsp3) is 0.250. The molecule has 0 aliphatic carbocycles. The summed E-state index contributed by atoms with van der Waals surface area (Å²) < 4.78 is 22.3. The van der Waals surface area contributed by atoms with Crippen molar-refractivity contribution in [3.63, 3.8) is 0 Å². The van der Waals surface area contributed by atoms with E-state index in [4.69, 9.17) is 24.2 Å². The Morgan fingerprint density at radius 3 is 2.64 bits per heavy atom. The smallest absolute Gasteiger partial charge is 0.337 e. The first-order valence-corrected chi connectivity index (χ1v) is 13.8. The van der Waals surface area contributed by atoms with Crippen LogP contribution < -0.4 is 30.3 Å². The Kier molecular flexibility index (Phi) is 10.8. The van der Waals surface area contributed by atoms with Crippen LogP contribution in [0.2, 0.25) is 0 Å². The van der Waals surface area contributed by atoms with E-state index in [0.29, 0.717) is 47.3 Å². The van der Waals surface area contributed by atoms with Crippen molar-refractivity contribution < 1.29 is 33.6 Å². The predicted molar refractivity (Wildman–Crippen MR) is 161 cm³/mol. The van der Waals surface area contributed by atoms with E-state index in [-0.39, 0.29) is 12.2 Å². The van der Waals surface area contributed by atoms with Gasteiger partial charge in [0.2, 0.25) is 0 Å². The maximum atomic E-state index is 12.4. The van der Waals surface area contributed by atoms with Gasteiger partial charge in [-0.05, 0) is 66.9 Å². The van der Waals surface area contributed by atoms with E-state index in [1.807, 2.05) is 37.3 Å². The van der Waals surface area contributed by atoms with Gasteiger partial charge in [-0.25, -0.2) is 9.59 Å². The van der Waals surface area contributed by atoms with E-state index >= 15 is 0 Å². The van der Waals surface area contributed by atoms with Crippen LogP contribution in [0.3, 0.4) is 0 Å². The molecule has 1 aliphatic heterocycles. The summed E-state index contributed by atoms with van der Waals surface area (Å²) in [4.78, 5) is 24.6. The lowest BCUT2D eigenvalue weighted by molar-refractivity contribution is -0.136. The highest BCUT2D eigenvalue weighted by Gasteiger charge is 2.32. The fourth-order valence-corrected chi connectivity index (χ4v) is 4.35. The van der Waals surface area contributed by atoms with Crippen molar-refractivity contribution in [2.24, 2.45) is 5.10 Å². The van der Waals surface area contributed by atoms with Crippen molar-refractivity contribution in [1.29, 1.82) is 5.26 Å². The van der Waals surface area contributed by atoms with E-state index in [1.54, 1.807) is 49.5 Å². The number of aliphatic hydroxyl groups is 1. The number of rotatable bonds is 13. The highest BCUT2D eigenvalue weighted by molar-refractivity contribution is 5.95. The number of benzene rings is 3. The van der Waals surface area contributed by atoms with Gasteiger partial charge in [0.05, 0.1) is 43.2 Å². The highest BCUT2D eigenvalue weighted by atomic mass is 16.5. The number of ether oxygens (including phenoxy) is 4. The second-order valence-electron chi connectivity index (χ2n) is 9.58.